The summed E-state index contributed by atoms with van der Waals surface area (Å²) in [5.74, 6) is 1.97. The van der Waals surface area contributed by atoms with Crippen LogP contribution in [0, 0.1) is 10.8 Å². The molecular weight excluding hydrogens is 132 g/mol. The predicted octanol–water partition coefficient (Wildman–Crippen LogP) is 0.452. The highest BCUT2D eigenvalue weighted by molar-refractivity contribution is 9.12. The molecule has 0 aliphatic rings. The second-order valence-electron chi connectivity index (χ2n) is 0.322. The first-order chi connectivity index (χ1) is 2.41. The smallest absolute Gasteiger partial charge is 0.275 e. The summed E-state index contributed by atoms with van der Waals surface area (Å²) in [5.41, 5.74) is 0. The van der Waals surface area contributed by atoms with Crippen LogP contribution < -0.4 is 0 Å². The molecule has 0 spiro atoms. The van der Waals surface area contributed by atoms with Crippen molar-refractivity contribution in [2.45, 2.75) is 0 Å². The lowest BCUT2D eigenvalue weighted by Crippen LogP contribution is -1.49. The van der Waals surface area contributed by atoms with E-state index in [2.05, 4.69) is 20.8 Å². The van der Waals surface area contributed by atoms with E-state index in [4.69, 9.17) is 4.79 Å². The van der Waals surface area contributed by atoms with E-state index in [0.29, 0.717) is 0 Å². The van der Waals surface area contributed by atoms with Gasteiger partial charge in [-0.25, -0.2) is 0 Å². The van der Waals surface area contributed by atoms with Crippen LogP contribution in [0.15, 0.2) is 0 Å². The molecule has 0 saturated heterocycles. The Labute approximate surface area is 38.5 Å². The second-order valence-corrected chi connectivity index (χ2v) is 0.718. The zero-order valence-electron chi connectivity index (χ0n) is 2.29. The summed E-state index contributed by atoms with van der Waals surface area (Å²) in [4.78, 5) is 11.2. The van der Waals surface area contributed by atoms with Gasteiger partial charge in [-0.1, -0.05) is 0 Å². The van der Waals surface area contributed by atoms with Gasteiger partial charge >= 0.3 is 0 Å². The van der Waals surface area contributed by atoms with Crippen LogP contribution in [0.2, 0.25) is 0 Å². The Bertz CT molecular complexity index is 76.6. The van der Waals surface area contributed by atoms with Gasteiger partial charge in [-0.05, 0) is 10.8 Å². The molecule has 0 bridgehead atoms. The van der Waals surface area contributed by atoms with E-state index >= 15 is 0 Å². The highest BCUT2D eigenvalue weighted by Gasteiger charge is 1.49. The first-order valence-electron chi connectivity index (χ1n) is 0.893. The average Bonchev–Trinajstić information content (AvgIpc) is 1.41. The van der Waals surface area contributed by atoms with Gasteiger partial charge in [-0.3, -0.25) is 4.79 Å². The molecule has 0 N–H and O–H groups in total. The first kappa shape index (κ1) is 4.71. The van der Waals surface area contributed by atoms with Gasteiger partial charge in [0.15, 0.2) is 0 Å². The minimum absolute atomic E-state index is 1.36. The molecule has 0 unspecified atom stereocenters. The van der Waals surface area contributed by atoms with Crippen LogP contribution in [0.5, 0.6) is 0 Å². The topological polar surface area (TPSA) is 17.1 Å². The fraction of sp³-hybridized carbons (Fsp3) is 0. The molecule has 0 heterocycles. The Hall–Kier alpha value is -0.290. The first-order valence-corrected chi connectivity index (χ1v) is 1.69. The molecule has 2 heteroatoms. The minimum Gasteiger partial charge on any atom is -0.275 e. The molecule has 0 saturated carbocycles. The molecule has 1 radical (unpaired) electrons. The van der Waals surface area contributed by atoms with E-state index in [1.54, 1.807) is 0 Å². The minimum atomic E-state index is 1.36. The molecule has 0 fully saturated rings. The number of rotatable bonds is 0. The maximum absolute atomic E-state index is 9.08. The fourth-order valence-corrected chi connectivity index (χ4v) is 0.100. The van der Waals surface area contributed by atoms with Gasteiger partial charge in [0.1, 0.15) is 0 Å². The van der Waals surface area contributed by atoms with Crippen LogP contribution in [0.1, 0.15) is 0 Å². The molecule has 1 nitrogen and oxygen atoms in total. The van der Waals surface area contributed by atoms with E-state index in [1.165, 1.54) is 6.29 Å². The van der Waals surface area contributed by atoms with Crippen LogP contribution in [0.25, 0.3) is 0 Å². The molecule has 0 rings (SSSR count). The van der Waals surface area contributed by atoms with Crippen molar-refractivity contribution >= 4 is 22.2 Å². The summed E-state index contributed by atoms with van der Waals surface area (Å²) >= 11 is 2.69. The van der Waals surface area contributed by atoms with E-state index < -0.39 is 0 Å². The summed E-state index contributed by atoms with van der Waals surface area (Å²) in [6.45, 7) is 0. The molecule has 0 aromatic carbocycles. The number of carbonyl (C=O) groups excluding carboxylic acids is 1. The number of halogens is 1. The Morgan fingerprint density at radius 1 is 1.60 bits per heavy atom. The lowest BCUT2D eigenvalue weighted by molar-refractivity contribution is 0.566. The van der Waals surface area contributed by atoms with E-state index in [1.807, 2.05) is 5.92 Å². The van der Waals surface area contributed by atoms with Gasteiger partial charge in [-0.2, -0.15) is 0 Å². The molecule has 0 aliphatic heterocycles. The van der Waals surface area contributed by atoms with Crippen molar-refractivity contribution in [2.75, 3.05) is 0 Å². The van der Waals surface area contributed by atoms with Crippen LogP contribution in [-0.2, 0) is 4.79 Å². The normalized spacial score (nSPS) is 4.20. The van der Waals surface area contributed by atoms with Gasteiger partial charge in [0, 0.05) is 15.9 Å². The van der Waals surface area contributed by atoms with Crippen LogP contribution in [-0.4, -0.2) is 6.29 Å². The van der Waals surface area contributed by atoms with Crippen molar-refractivity contribution in [3.63, 3.8) is 0 Å². The summed E-state index contributed by atoms with van der Waals surface area (Å²) < 4.78 is 0. The highest BCUT2D eigenvalue weighted by Crippen LogP contribution is 1.62. The highest BCUT2D eigenvalue weighted by atomic mass is 79.9. The Morgan fingerprint density at radius 2 is 2.20 bits per heavy atom. The summed E-state index contributed by atoms with van der Waals surface area (Å²) in [5, 5.41) is 0. The Kier molecular flexibility index (Phi) is 3.49. The summed E-state index contributed by atoms with van der Waals surface area (Å²) in [6, 6.07) is 0. The monoisotopic (exact) mass is 131 g/mol. The molecule has 0 aromatic heterocycles. The molecule has 0 amide bonds. The van der Waals surface area contributed by atoms with E-state index in [9.17, 15) is 0 Å². The Balaban J connectivity index is 3.16. The van der Waals surface area contributed by atoms with Crippen molar-refractivity contribution in [3.05, 3.63) is 0 Å². The molecule has 0 aliphatic carbocycles. The third kappa shape index (κ3) is 3.71. The largest absolute Gasteiger partial charge is 0.285 e. The SMILES string of the molecule is O=[C]C#CBr. The predicted molar refractivity (Wildman–Crippen MR) is 22.4 cm³/mol. The molecular formula is C3BrO. The quantitative estimate of drug-likeness (QED) is 0.437. The van der Waals surface area contributed by atoms with Crippen LogP contribution in [0.3, 0.4) is 0 Å². The van der Waals surface area contributed by atoms with Crippen LogP contribution >= 0.6 is 15.9 Å². The number of hydrogen-bond donors (Lipinski definition) is 0. The zero-order valence-corrected chi connectivity index (χ0v) is 3.87. The standard InChI is InChI=1S/C3BrO/c4-2-1-3-5. The average molecular weight is 132 g/mol. The van der Waals surface area contributed by atoms with Crippen molar-refractivity contribution < 1.29 is 4.79 Å². The molecule has 5 heavy (non-hydrogen) atoms. The maximum atomic E-state index is 9.08. The molecule has 0 atom stereocenters. The van der Waals surface area contributed by atoms with Gasteiger partial charge in [0.25, 0.3) is 6.29 Å². The van der Waals surface area contributed by atoms with Crippen molar-refractivity contribution in [1.82, 2.24) is 0 Å². The molecule has 0 aromatic rings. The summed E-state index contributed by atoms with van der Waals surface area (Å²) in [6.07, 6.45) is 1.36. The third-order valence-corrected chi connectivity index (χ3v) is 0.297. The van der Waals surface area contributed by atoms with E-state index in [-0.39, 0.29) is 0 Å². The van der Waals surface area contributed by atoms with Gasteiger partial charge in [0.05, 0.1) is 0 Å². The third-order valence-electron chi connectivity index (χ3n) is 0.0983. The lowest BCUT2D eigenvalue weighted by Gasteiger charge is -1.37. The number of hydrogen-bond acceptors (Lipinski definition) is 1. The molecule has 25 valence electrons. The maximum Gasteiger partial charge on any atom is 0.285 e. The van der Waals surface area contributed by atoms with Crippen molar-refractivity contribution in [1.29, 1.82) is 0 Å². The lowest BCUT2D eigenvalue weighted by atomic mass is 10.8. The van der Waals surface area contributed by atoms with Gasteiger partial charge < -0.3 is 0 Å². The van der Waals surface area contributed by atoms with E-state index in [0.717, 1.165) is 0 Å². The van der Waals surface area contributed by atoms with Crippen molar-refractivity contribution in [3.8, 4) is 10.8 Å². The summed E-state index contributed by atoms with van der Waals surface area (Å²) in [7, 11) is 0. The van der Waals surface area contributed by atoms with Gasteiger partial charge in [-0.15, -0.1) is 0 Å². The van der Waals surface area contributed by atoms with Crippen LogP contribution in [0.4, 0.5) is 0 Å². The van der Waals surface area contributed by atoms with Gasteiger partial charge in [0.2, 0.25) is 0 Å². The zero-order chi connectivity index (χ0) is 4.12. The second kappa shape index (κ2) is 3.71. The Morgan fingerprint density at radius 3 is 2.20 bits per heavy atom. The fourth-order valence-electron chi connectivity index (χ4n) is 0.0193. The van der Waals surface area contributed by atoms with Crippen molar-refractivity contribution in [2.24, 2.45) is 0 Å².